The van der Waals surface area contributed by atoms with Gasteiger partial charge in [-0.1, -0.05) is 5.92 Å². The Morgan fingerprint density at radius 2 is 2.09 bits per heavy atom. The Balaban J connectivity index is 1.65. The van der Waals surface area contributed by atoms with Crippen LogP contribution in [0.25, 0.3) is 32.9 Å². The van der Waals surface area contributed by atoms with Gasteiger partial charge in [0.1, 0.15) is 11.4 Å². The molecule has 0 unspecified atom stereocenters. The van der Waals surface area contributed by atoms with Crippen molar-refractivity contribution in [2.45, 2.75) is 32.6 Å². The van der Waals surface area contributed by atoms with E-state index in [1.807, 2.05) is 49.5 Å². The molecular formula is C28H22N2O3. The third kappa shape index (κ3) is 3.48. The Kier molecular flexibility index (Phi) is 4.55. The van der Waals surface area contributed by atoms with Gasteiger partial charge in [0.15, 0.2) is 0 Å². The molecule has 162 valence electrons. The zero-order chi connectivity index (χ0) is 22.5. The molecule has 0 bridgehead atoms. The van der Waals surface area contributed by atoms with Gasteiger partial charge in [0, 0.05) is 34.9 Å². The molecule has 0 amide bonds. The molecule has 33 heavy (non-hydrogen) atoms. The average molecular weight is 434 g/mol. The molecule has 4 aromatic rings. The number of hydrogen-bond donors (Lipinski definition) is 1. The van der Waals surface area contributed by atoms with Gasteiger partial charge in [-0.3, -0.25) is 9.78 Å². The van der Waals surface area contributed by atoms with Crippen molar-refractivity contribution in [2.75, 3.05) is 6.61 Å². The second-order valence-electron chi connectivity index (χ2n) is 8.83. The third-order valence-electron chi connectivity index (χ3n) is 6.47. The molecule has 2 aromatic carbocycles. The molecule has 1 saturated carbocycles. The molecule has 3 heterocycles. The van der Waals surface area contributed by atoms with Crippen LogP contribution in [-0.4, -0.2) is 27.7 Å². The number of carboxylic acid groups (broad SMARTS) is 1. The SMILES string of the molecule is Cc1cc2nc(C#CC3CC3)ccc2c(-c2ccc3c4c(ccnc24)CCO3)c1CC(=O)O. The summed E-state index contributed by atoms with van der Waals surface area (Å²) in [4.78, 5) is 21.3. The lowest BCUT2D eigenvalue weighted by molar-refractivity contribution is -0.136. The van der Waals surface area contributed by atoms with Crippen molar-refractivity contribution in [2.24, 2.45) is 5.92 Å². The second kappa shape index (κ2) is 7.60. The molecule has 1 N–H and O–H groups in total. The first-order chi connectivity index (χ1) is 16.1. The van der Waals surface area contributed by atoms with Crippen LogP contribution in [-0.2, 0) is 17.6 Å². The molecule has 6 rings (SSSR count). The maximum Gasteiger partial charge on any atom is 0.307 e. The predicted octanol–water partition coefficient (Wildman–Crippen LogP) is 5.08. The molecule has 2 aliphatic rings. The number of carbonyl (C=O) groups is 1. The molecule has 2 aromatic heterocycles. The summed E-state index contributed by atoms with van der Waals surface area (Å²) >= 11 is 0. The number of hydrogen-bond acceptors (Lipinski definition) is 4. The summed E-state index contributed by atoms with van der Waals surface area (Å²) < 4.78 is 5.90. The fraction of sp³-hybridized carbons (Fsp3) is 0.250. The zero-order valence-electron chi connectivity index (χ0n) is 18.3. The van der Waals surface area contributed by atoms with E-state index in [0.717, 1.165) is 61.9 Å². The van der Waals surface area contributed by atoms with Gasteiger partial charge in [0.05, 0.1) is 24.1 Å². The van der Waals surface area contributed by atoms with Gasteiger partial charge >= 0.3 is 5.97 Å². The van der Waals surface area contributed by atoms with E-state index in [1.54, 1.807) is 0 Å². The Labute approximate surface area is 191 Å². The lowest BCUT2D eigenvalue weighted by atomic mass is 9.88. The van der Waals surface area contributed by atoms with E-state index in [0.29, 0.717) is 12.5 Å². The van der Waals surface area contributed by atoms with E-state index in [2.05, 4.69) is 11.8 Å². The summed E-state index contributed by atoms with van der Waals surface area (Å²) in [6.45, 7) is 2.60. The van der Waals surface area contributed by atoms with Gasteiger partial charge in [0.2, 0.25) is 0 Å². The van der Waals surface area contributed by atoms with Crippen molar-refractivity contribution in [1.82, 2.24) is 9.97 Å². The second-order valence-corrected chi connectivity index (χ2v) is 8.83. The summed E-state index contributed by atoms with van der Waals surface area (Å²) in [5.74, 6) is 6.94. The van der Waals surface area contributed by atoms with E-state index >= 15 is 0 Å². The fourth-order valence-electron chi connectivity index (χ4n) is 4.71. The van der Waals surface area contributed by atoms with Crippen molar-refractivity contribution in [3.8, 4) is 28.7 Å². The number of aryl methyl sites for hydroxylation is 1. The number of pyridine rings is 2. The van der Waals surface area contributed by atoms with Gasteiger partial charge in [-0.25, -0.2) is 4.98 Å². The van der Waals surface area contributed by atoms with Crippen molar-refractivity contribution in [1.29, 1.82) is 0 Å². The van der Waals surface area contributed by atoms with Crippen LogP contribution < -0.4 is 4.74 Å². The summed E-state index contributed by atoms with van der Waals surface area (Å²) in [5.41, 5.74) is 7.07. The largest absolute Gasteiger partial charge is 0.493 e. The summed E-state index contributed by atoms with van der Waals surface area (Å²) in [7, 11) is 0. The van der Waals surface area contributed by atoms with Crippen LogP contribution in [0.5, 0.6) is 5.75 Å². The average Bonchev–Trinajstić information content (AvgIpc) is 3.64. The Bertz CT molecular complexity index is 1510. The van der Waals surface area contributed by atoms with Gasteiger partial charge in [0.25, 0.3) is 0 Å². The van der Waals surface area contributed by atoms with Crippen LogP contribution in [0.1, 0.15) is 35.2 Å². The van der Waals surface area contributed by atoms with Gasteiger partial charge in [-0.2, -0.15) is 0 Å². The first-order valence-corrected chi connectivity index (χ1v) is 11.3. The molecular weight excluding hydrogens is 412 g/mol. The normalized spacial score (nSPS) is 14.6. The number of nitrogens with zero attached hydrogens (tertiary/aromatic N) is 2. The molecule has 1 aliphatic heterocycles. The van der Waals surface area contributed by atoms with E-state index < -0.39 is 5.97 Å². The summed E-state index contributed by atoms with van der Waals surface area (Å²) in [5, 5.41) is 11.6. The van der Waals surface area contributed by atoms with Gasteiger partial charge in [-0.15, -0.1) is 0 Å². The highest BCUT2D eigenvalue weighted by Crippen LogP contribution is 2.42. The van der Waals surface area contributed by atoms with E-state index in [1.165, 1.54) is 18.4 Å². The zero-order valence-corrected chi connectivity index (χ0v) is 18.3. The van der Waals surface area contributed by atoms with Crippen LogP contribution in [0.15, 0.2) is 42.6 Å². The third-order valence-corrected chi connectivity index (χ3v) is 6.47. The topological polar surface area (TPSA) is 72.3 Å². The standard InChI is InChI=1S/C28H22N2O3/c1-16-14-23-20(7-6-19(30-23)5-4-17-2-3-17)27(22(16)15-25(31)32)21-8-9-24-26-18(11-13-33-24)10-12-29-28(21)26/h6-10,12,14,17H,2-3,11,13,15H2,1H3,(H,31,32). The predicted molar refractivity (Wildman–Crippen MR) is 127 cm³/mol. The Morgan fingerprint density at radius 3 is 2.91 bits per heavy atom. The number of fused-ring (bicyclic) bond motifs is 1. The molecule has 0 radical (unpaired) electrons. The minimum absolute atomic E-state index is 0.0697. The number of carboxylic acids is 1. The molecule has 1 aliphatic carbocycles. The molecule has 0 saturated heterocycles. The highest BCUT2D eigenvalue weighted by Gasteiger charge is 2.22. The van der Waals surface area contributed by atoms with Crippen molar-refractivity contribution < 1.29 is 14.6 Å². The van der Waals surface area contributed by atoms with E-state index in [-0.39, 0.29) is 6.42 Å². The number of benzene rings is 2. The van der Waals surface area contributed by atoms with Crippen LogP contribution in [0, 0.1) is 24.7 Å². The van der Waals surface area contributed by atoms with Crippen molar-refractivity contribution in [3.05, 3.63) is 65.0 Å². The van der Waals surface area contributed by atoms with E-state index in [9.17, 15) is 9.90 Å². The first-order valence-electron chi connectivity index (χ1n) is 11.3. The highest BCUT2D eigenvalue weighted by molar-refractivity contribution is 6.07. The van der Waals surface area contributed by atoms with Gasteiger partial charge in [-0.05, 0) is 84.3 Å². The number of ether oxygens (including phenoxy) is 1. The van der Waals surface area contributed by atoms with Crippen LogP contribution in [0.4, 0.5) is 0 Å². The van der Waals surface area contributed by atoms with Crippen molar-refractivity contribution in [3.63, 3.8) is 0 Å². The summed E-state index contributed by atoms with van der Waals surface area (Å²) in [6, 6.07) is 11.9. The smallest absolute Gasteiger partial charge is 0.307 e. The van der Waals surface area contributed by atoms with Gasteiger partial charge < -0.3 is 9.84 Å². The number of aromatic nitrogens is 2. The first kappa shape index (κ1) is 19.8. The van der Waals surface area contributed by atoms with Crippen LogP contribution in [0.2, 0.25) is 0 Å². The maximum absolute atomic E-state index is 11.8. The lowest BCUT2D eigenvalue weighted by Crippen LogP contribution is -2.10. The molecule has 0 spiro atoms. The van der Waals surface area contributed by atoms with Crippen molar-refractivity contribution >= 4 is 27.8 Å². The Hall–Kier alpha value is -3.91. The van der Waals surface area contributed by atoms with E-state index in [4.69, 9.17) is 14.7 Å². The number of rotatable bonds is 3. The van der Waals surface area contributed by atoms with Crippen LogP contribution in [0.3, 0.4) is 0 Å². The molecule has 0 atom stereocenters. The number of aliphatic carboxylic acids is 1. The molecule has 5 nitrogen and oxygen atoms in total. The Morgan fingerprint density at radius 1 is 1.21 bits per heavy atom. The monoisotopic (exact) mass is 434 g/mol. The molecule has 5 heteroatoms. The highest BCUT2D eigenvalue weighted by atomic mass is 16.5. The summed E-state index contributed by atoms with van der Waals surface area (Å²) in [6.07, 6.45) is 4.93. The lowest BCUT2D eigenvalue weighted by Gasteiger charge is -2.21. The maximum atomic E-state index is 11.8. The molecule has 1 fully saturated rings. The van der Waals surface area contributed by atoms with Crippen LogP contribution >= 0.6 is 0 Å². The minimum atomic E-state index is -0.863. The fourth-order valence-corrected chi connectivity index (χ4v) is 4.71. The quantitative estimate of drug-likeness (QED) is 0.455. The minimum Gasteiger partial charge on any atom is -0.493 e.